The molecule has 0 saturated heterocycles. The van der Waals surface area contributed by atoms with Gasteiger partial charge in [-0.1, -0.05) is 18.2 Å². The van der Waals surface area contributed by atoms with E-state index in [0.29, 0.717) is 19.1 Å². The minimum Gasteiger partial charge on any atom is -0.492 e. The summed E-state index contributed by atoms with van der Waals surface area (Å²) in [5, 5.41) is 14.2. The minimum atomic E-state index is -0.889. The van der Waals surface area contributed by atoms with Crippen LogP contribution in [0.5, 0.6) is 5.75 Å². The Balaban J connectivity index is 1.63. The Bertz CT molecular complexity index is 474. The van der Waals surface area contributed by atoms with Crippen LogP contribution in [0.25, 0.3) is 0 Å². The van der Waals surface area contributed by atoms with Crippen LogP contribution in [0.2, 0.25) is 0 Å². The van der Waals surface area contributed by atoms with Gasteiger partial charge in [-0.05, 0) is 30.9 Å². The van der Waals surface area contributed by atoms with Gasteiger partial charge in [0, 0.05) is 6.04 Å². The van der Waals surface area contributed by atoms with E-state index in [-0.39, 0.29) is 18.5 Å². The summed E-state index contributed by atoms with van der Waals surface area (Å²) in [6.07, 6.45) is 1.93. The molecule has 0 aliphatic heterocycles. The third kappa shape index (κ3) is 5.72. The van der Waals surface area contributed by atoms with Gasteiger partial charge in [0.25, 0.3) is 0 Å². The van der Waals surface area contributed by atoms with Crippen molar-refractivity contribution in [3.63, 3.8) is 0 Å². The Morgan fingerprint density at radius 1 is 1.29 bits per heavy atom. The smallest absolute Gasteiger partial charge is 0.315 e. The number of para-hydroxylation sites is 1. The number of nitrogens with one attached hydrogen (secondary N) is 2. The van der Waals surface area contributed by atoms with Crippen molar-refractivity contribution in [1.82, 2.24) is 10.6 Å². The van der Waals surface area contributed by atoms with Gasteiger partial charge in [-0.3, -0.25) is 4.79 Å². The summed E-state index contributed by atoms with van der Waals surface area (Å²) in [7, 11) is 0. The summed E-state index contributed by atoms with van der Waals surface area (Å²) in [5.41, 5.74) is 0. The summed E-state index contributed by atoms with van der Waals surface area (Å²) in [6.45, 7) is 0.732. The number of carboxylic acids is 1. The average Bonchev–Trinajstić information content (AvgIpc) is 3.28. The molecule has 3 N–H and O–H groups in total. The fourth-order valence-electron chi connectivity index (χ4n) is 2.09. The van der Waals surface area contributed by atoms with E-state index in [1.54, 1.807) is 0 Å². The molecule has 0 spiro atoms. The second-order valence-electron chi connectivity index (χ2n) is 5.10. The first-order chi connectivity index (χ1) is 10.1. The van der Waals surface area contributed by atoms with Crippen molar-refractivity contribution in [3.05, 3.63) is 30.3 Å². The molecule has 6 heteroatoms. The second kappa shape index (κ2) is 7.52. The predicted molar refractivity (Wildman–Crippen MR) is 77.2 cm³/mol. The lowest BCUT2D eigenvalue weighted by molar-refractivity contribution is -0.137. The molecule has 1 fully saturated rings. The first kappa shape index (κ1) is 15.2. The van der Waals surface area contributed by atoms with Gasteiger partial charge in [-0.15, -0.1) is 0 Å². The molecule has 1 aliphatic carbocycles. The number of carbonyl (C=O) groups excluding carboxylic acids is 1. The van der Waals surface area contributed by atoms with Crippen molar-refractivity contribution in [3.8, 4) is 5.75 Å². The second-order valence-corrected chi connectivity index (χ2v) is 5.10. The summed E-state index contributed by atoms with van der Waals surface area (Å²) in [5.74, 6) is 0.161. The Morgan fingerprint density at radius 2 is 2.00 bits per heavy atom. The maximum Gasteiger partial charge on any atom is 0.315 e. The number of amides is 2. The highest BCUT2D eigenvalue weighted by Gasteiger charge is 2.33. The molecule has 6 nitrogen and oxygen atoms in total. The molecule has 0 heterocycles. The summed E-state index contributed by atoms with van der Waals surface area (Å²) in [6, 6.07) is 8.72. The quantitative estimate of drug-likeness (QED) is 0.635. The fraction of sp³-hybridized carbons (Fsp3) is 0.467. The Labute approximate surface area is 123 Å². The molecule has 21 heavy (non-hydrogen) atoms. The Morgan fingerprint density at radius 3 is 2.62 bits per heavy atom. The first-order valence-corrected chi connectivity index (χ1v) is 7.09. The molecule has 1 atom stereocenters. The normalized spacial score (nSPS) is 15.0. The lowest BCUT2D eigenvalue weighted by Gasteiger charge is -2.16. The van der Waals surface area contributed by atoms with Crippen molar-refractivity contribution in [2.24, 2.45) is 5.92 Å². The molecule has 2 rings (SSSR count). The zero-order valence-electron chi connectivity index (χ0n) is 11.7. The van der Waals surface area contributed by atoms with Gasteiger partial charge < -0.3 is 20.5 Å². The molecule has 2 amide bonds. The van der Waals surface area contributed by atoms with E-state index in [2.05, 4.69) is 10.6 Å². The highest BCUT2D eigenvalue weighted by Crippen LogP contribution is 2.33. The van der Waals surface area contributed by atoms with Crippen LogP contribution >= 0.6 is 0 Å². The van der Waals surface area contributed by atoms with E-state index >= 15 is 0 Å². The maximum absolute atomic E-state index is 11.7. The number of hydrogen-bond acceptors (Lipinski definition) is 3. The molecule has 1 saturated carbocycles. The van der Waals surface area contributed by atoms with Crippen LogP contribution < -0.4 is 15.4 Å². The van der Waals surface area contributed by atoms with Crippen LogP contribution in [0.15, 0.2) is 30.3 Å². The molecular weight excluding hydrogens is 272 g/mol. The Hall–Kier alpha value is -2.24. The van der Waals surface area contributed by atoms with Gasteiger partial charge in [-0.25, -0.2) is 4.79 Å². The van der Waals surface area contributed by atoms with Gasteiger partial charge in [0.15, 0.2) is 0 Å². The number of urea groups is 1. The maximum atomic E-state index is 11.7. The predicted octanol–water partition coefficient (Wildman–Crippen LogP) is 1.62. The summed E-state index contributed by atoms with van der Waals surface area (Å²) in [4.78, 5) is 22.5. The number of carbonyl (C=O) groups is 2. The molecule has 114 valence electrons. The van der Waals surface area contributed by atoms with Crippen LogP contribution in [0.4, 0.5) is 4.79 Å². The van der Waals surface area contributed by atoms with Gasteiger partial charge in [-0.2, -0.15) is 0 Å². The van der Waals surface area contributed by atoms with E-state index in [0.717, 1.165) is 18.6 Å². The van der Waals surface area contributed by atoms with Crippen molar-refractivity contribution >= 4 is 12.0 Å². The van der Waals surface area contributed by atoms with E-state index in [4.69, 9.17) is 9.84 Å². The van der Waals surface area contributed by atoms with E-state index in [1.807, 2.05) is 30.3 Å². The number of carboxylic acid groups (broad SMARTS) is 1. The summed E-state index contributed by atoms with van der Waals surface area (Å²) >= 11 is 0. The number of rotatable bonds is 8. The number of aliphatic carboxylic acids is 1. The van der Waals surface area contributed by atoms with Gasteiger partial charge in [0.2, 0.25) is 0 Å². The lowest BCUT2D eigenvalue weighted by atomic mass is 10.1. The third-order valence-electron chi connectivity index (χ3n) is 3.30. The van der Waals surface area contributed by atoms with Crippen molar-refractivity contribution in [1.29, 1.82) is 0 Å². The van der Waals surface area contributed by atoms with E-state index in [9.17, 15) is 9.59 Å². The number of hydrogen-bond donors (Lipinski definition) is 3. The highest BCUT2D eigenvalue weighted by molar-refractivity contribution is 5.75. The Kier molecular flexibility index (Phi) is 5.43. The van der Waals surface area contributed by atoms with Crippen LogP contribution in [0.3, 0.4) is 0 Å². The van der Waals surface area contributed by atoms with Gasteiger partial charge in [0.05, 0.1) is 13.0 Å². The van der Waals surface area contributed by atoms with Crippen molar-refractivity contribution in [2.45, 2.75) is 25.3 Å². The molecule has 0 radical (unpaired) electrons. The van der Waals surface area contributed by atoms with Crippen LogP contribution in [-0.2, 0) is 4.79 Å². The van der Waals surface area contributed by atoms with Crippen molar-refractivity contribution < 1.29 is 19.4 Å². The highest BCUT2D eigenvalue weighted by atomic mass is 16.5. The van der Waals surface area contributed by atoms with Crippen LogP contribution in [-0.4, -0.2) is 36.3 Å². The molecule has 0 aromatic heterocycles. The van der Waals surface area contributed by atoms with Gasteiger partial charge >= 0.3 is 12.0 Å². The number of benzene rings is 1. The summed E-state index contributed by atoms with van der Waals surface area (Å²) < 4.78 is 5.45. The molecular formula is C15H20N2O4. The average molecular weight is 292 g/mol. The largest absolute Gasteiger partial charge is 0.492 e. The number of ether oxygens (including phenoxy) is 1. The monoisotopic (exact) mass is 292 g/mol. The zero-order valence-corrected chi connectivity index (χ0v) is 11.7. The van der Waals surface area contributed by atoms with Crippen LogP contribution in [0.1, 0.15) is 19.3 Å². The minimum absolute atomic E-state index is 0.0292. The van der Waals surface area contributed by atoms with Crippen LogP contribution in [0, 0.1) is 5.92 Å². The third-order valence-corrected chi connectivity index (χ3v) is 3.30. The molecule has 1 aromatic rings. The van der Waals surface area contributed by atoms with Crippen molar-refractivity contribution in [2.75, 3.05) is 13.2 Å². The van der Waals surface area contributed by atoms with E-state index < -0.39 is 5.97 Å². The standard InChI is InChI=1S/C15H20N2O4/c18-14(19)10-13(11-6-7-11)17-15(20)16-8-9-21-12-4-2-1-3-5-12/h1-5,11,13H,6-10H2,(H,18,19)(H2,16,17,20). The molecule has 0 bridgehead atoms. The molecule has 1 unspecified atom stereocenters. The molecule has 1 aromatic carbocycles. The van der Waals surface area contributed by atoms with Gasteiger partial charge in [0.1, 0.15) is 12.4 Å². The SMILES string of the molecule is O=C(O)CC(NC(=O)NCCOc1ccccc1)C1CC1. The zero-order chi connectivity index (χ0) is 15.1. The lowest BCUT2D eigenvalue weighted by Crippen LogP contribution is -2.45. The fourth-order valence-corrected chi connectivity index (χ4v) is 2.09. The van der Waals surface area contributed by atoms with E-state index in [1.165, 1.54) is 0 Å². The molecule has 1 aliphatic rings. The first-order valence-electron chi connectivity index (χ1n) is 7.09. The topological polar surface area (TPSA) is 87.7 Å².